The summed E-state index contributed by atoms with van der Waals surface area (Å²) in [6.45, 7) is 8.18. The van der Waals surface area contributed by atoms with Gasteiger partial charge >= 0.3 is 0 Å². The third-order valence-corrected chi connectivity index (χ3v) is 5.41. The second-order valence-corrected chi connectivity index (χ2v) is 7.42. The van der Waals surface area contributed by atoms with Gasteiger partial charge in [-0.15, -0.1) is 0 Å². The average Bonchev–Trinajstić information content (AvgIpc) is 2.70. The van der Waals surface area contributed by atoms with Crippen LogP contribution in [0.15, 0.2) is 36.4 Å². The van der Waals surface area contributed by atoms with Gasteiger partial charge in [0.1, 0.15) is 5.82 Å². The van der Waals surface area contributed by atoms with Crippen LogP contribution >= 0.6 is 0 Å². The van der Waals surface area contributed by atoms with Crippen LogP contribution in [-0.4, -0.2) is 42.8 Å². The molecule has 0 saturated carbocycles. The van der Waals surface area contributed by atoms with E-state index in [9.17, 15) is 14.0 Å². The minimum absolute atomic E-state index is 0.0173. The molecule has 148 valence electrons. The Labute approximate surface area is 166 Å². The Morgan fingerprint density at radius 1 is 0.929 bits per heavy atom. The van der Waals surface area contributed by atoms with Crippen molar-refractivity contribution in [2.75, 3.05) is 31.1 Å². The Morgan fingerprint density at radius 2 is 1.61 bits per heavy atom. The van der Waals surface area contributed by atoms with Crippen molar-refractivity contribution in [1.29, 1.82) is 0 Å². The number of ketones is 1. The summed E-state index contributed by atoms with van der Waals surface area (Å²) in [5.41, 5.74) is 3.88. The molecule has 2 aromatic rings. The molecule has 0 aliphatic carbocycles. The first-order valence-electron chi connectivity index (χ1n) is 9.85. The number of benzene rings is 2. The number of piperazine rings is 1. The van der Waals surface area contributed by atoms with E-state index in [1.54, 1.807) is 12.1 Å². The van der Waals surface area contributed by atoms with Crippen molar-refractivity contribution in [2.24, 2.45) is 0 Å². The van der Waals surface area contributed by atoms with Gasteiger partial charge in [0.15, 0.2) is 5.78 Å². The van der Waals surface area contributed by atoms with Crippen molar-refractivity contribution < 1.29 is 14.0 Å². The van der Waals surface area contributed by atoms with Gasteiger partial charge in [-0.25, -0.2) is 4.39 Å². The van der Waals surface area contributed by atoms with E-state index >= 15 is 0 Å². The number of anilines is 1. The molecule has 1 fully saturated rings. The second kappa shape index (κ2) is 8.55. The number of nitrogens with zero attached hydrogens (tertiary/aromatic N) is 2. The minimum atomic E-state index is -0.379. The van der Waals surface area contributed by atoms with Gasteiger partial charge in [0.05, 0.1) is 5.69 Å². The van der Waals surface area contributed by atoms with E-state index in [-0.39, 0.29) is 17.5 Å². The van der Waals surface area contributed by atoms with Gasteiger partial charge in [0.25, 0.3) is 5.91 Å². The lowest BCUT2D eigenvalue weighted by Gasteiger charge is -2.36. The zero-order chi connectivity index (χ0) is 20.3. The van der Waals surface area contributed by atoms with Gasteiger partial charge in [0, 0.05) is 43.7 Å². The lowest BCUT2D eigenvalue weighted by Crippen LogP contribution is -2.49. The molecule has 1 amide bonds. The largest absolute Gasteiger partial charge is 0.366 e. The van der Waals surface area contributed by atoms with Crippen molar-refractivity contribution in [3.63, 3.8) is 0 Å². The molecule has 2 aromatic carbocycles. The van der Waals surface area contributed by atoms with E-state index in [0.717, 1.165) is 17.5 Å². The molecular formula is C23H27FN2O2. The highest BCUT2D eigenvalue weighted by atomic mass is 19.1. The van der Waals surface area contributed by atoms with Crippen molar-refractivity contribution in [3.8, 4) is 0 Å². The number of carbonyl (C=O) groups excluding carboxylic acids is 2. The smallest absolute Gasteiger partial charge is 0.253 e. The summed E-state index contributed by atoms with van der Waals surface area (Å²) in [4.78, 5) is 28.5. The number of hydrogen-bond acceptors (Lipinski definition) is 3. The van der Waals surface area contributed by atoms with Crippen molar-refractivity contribution in [3.05, 3.63) is 64.5 Å². The van der Waals surface area contributed by atoms with Crippen LogP contribution in [0.4, 0.5) is 10.1 Å². The fraction of sp³-hybridized carbons (Fsp3) is 0.391. The van der Waals surface area contributed by atoms with Crippen LogP contribution in [0.1, 0.15) is 51.6 Å². The molecule has 0 radical (unpaired) electrons. The Bertz CT molecular complexity index is 886. The summed E-state index contributed by atoms with van der Waals surface area (Å²) in [6.07, 6.45) is 1.18. The van der Waals surface area contributed by atoms with Gasteiger partial charge in [-0.1, -0.05) is 13.0 Å². The first-order chi connectivity index (χ1) is 13.4. The molecule has 1 aliphatic rings. The van der Waals surface area contributed by atoms with Gasteiger partial charge in [0.2, 0.25) is 0 Å². The van der Waals surface area contributed by atoms with Gasteiger partial charge in [-0.2, -0.15) is 0 Å². The Morgan fingerprint density at radius 3 is 2.21 bits per heavy atom. The highest BCUT2D eigenvalue weighted by Crippen LogP contribution is 2.23. The van der Waals surface area contributed by atoms with Crippen molar-refractivity contribution in [1.82, 2.24) is 4.90 Å². The molecule has 4 nitrogen and oxygen atoms in total. The minimum Gasteiger partial charge on any atom is -0.366 e. The normalized spacial score (nSPS) is 14.3. The second-order valence-electron chi connectivity index (χ2n) is 7.42. The standard InChI is InChI=1S/C23H27FN2O2/c1-4-5-22(27)18-8-9-21(20(24)15-18)25-10-12-26(13-11-25)23(28)19-7-6-16(2)17(3)14-19/h6-9,14-15H,4-5,10-13H2,1-3H3. The summed E-state index contributed by atoms with van der Waals surface area (Å²) in [7, 11) is 0. The lowest BCUT2D eigenvalue weighted by molar-refractivity contribution is 0.0746. The Hall–Kier alpha value is -2.69. The van der Waals surface area contributed by atoms with Crippen LogP contribution in [0.5, 0.6) is 0 Å². The van der Waals surface area contributed by atoms with Crippen LogP contribution in [0.3, 0.4) is 0 Å². The molecule has 28 heavy (non-hydrogen) atoms. The lowest BCUT2D eigenvalue weighted by atomic mass is 10.0. The molecule has 0 bridgehead atoms. The summed E-state index contributed by atoms with van der Waals surface area (Å²) in [5, 5.41) is 0. The van der Waals surface area contributed by atoms with Gasteiger partial charge < -0.3 is 9.80 Å². The first-order valence-corrected chi connectivity index (χ1v) is 9.85. The van der Waals surface area contributed by atoms with E-state index in [2.05, 4.69) is 0 Å². The number of carbonyl (C=O) groups is 2. The summed E-state index contributed by atoms with van der Waals surface area (Å²) < 4.78 is 14.6. The maximum atomic E-state index is 14.6. The topological polar surface area (TPSA) is 40.6 Å². The van der Waals surface area contributed by atoms with Crippen LogP contribution in [-0.2, 0) is 0 Å². The molecule has 1 aliphatic heterocycles. The quantitative estimate of drug-likeness (QED) is 0.720. The third kappa shape index (κ3) is 4.24. The zero-order valence-corrected chi connectivity index (χ0v) is 16.8. The third-order valence-electron chi connectivity index (χ3n) is 5.41. The number of halogens is 1. The maximum absolute atomic E-state index is 14.6. The molecule has 0 unspecified atom stereocenters. The SMILES string of the molecule is CCCC(=O)c1ccc(N2CCN(C(=O)c3ccc(C)c(C)c3)CC2)c(F)c1. The highest BCUT2D eigenvalue weighted by molar-refractivity contribution is 5.96. The zero-order valence-electron chi connectivity index (χ0n) is 16.8. The molecule has 0 spiro atoms. The van der Waals surface area contributed by atoms with Crippen LogP contribution < -0.4 is 4.90 Å². The molecule has 3 rings (SSSR count). The predicted octanol–water partition coefficient (Wildman–Crippen LogP) is 4.39. The van der Waals surface area contributed by atoms with E-state index in [4.69, 9.17) is 0 Å². The molecular weight excluding hydrogens is 355 g/mol. The van der Waals surface area contributed by atoms with E-state index in [1.807, 2.05) is 48.8 Å². The van der Waals surface area contributed by atoms with Crippen molar-refractivity contribution in [2.45, 2.75) is 33.6 Å². The van der Waals surface area contributed by atoms with Crippen LogP contribution in [0.2, 0.25) is 0 Å². The van der Waals surface area contributed by atoms with E-state index in [1.165, 1.54) is 6.07 Å². The number of rotatable bonds is 5. The van der Waals surface area contributed by atoms with Gasteiger partial charge in [-0.05, 0) is 61.7 Å². The maximum Gasteiger partial charge on any atom is 0.253 e. The number of Topliss-reactive ketones (excluding diaryl/α,β-unsaturated/α-hetero) is 1. The predicted molar refractivity (Wildman–Crippen MR) is 110 cm³/mol. The first kappa shape index (κ1) is 20.1. The summed E-state index contributed by atoms with van der Waals surface area (Å²) in [5.74, 6) is -0.392. The monoisotopic (exact) mass is 382 g/mol. The number of aryl methyl sites for hydroxylation is 2. The molecule has 1 saturated heterocycles. The van der Waals surface area contributed by atoms with Crippen molar-refractivity contribution >= 4 is 17.4 Å². The number of hydrogen-bond donors (Lipinski definition) is 0. The molecule has 0 aromatic heterocycles. The van der Waals surface area contributed by atoms with E-state index in [0.29, 0.717) is 49.4 Å². The van der Waals surface area contributed by atoms with Gasteiger partial charge in [-0.3, -0.25) is 9.59 Å². The van der Waals surface area contributed by atoms with Crippen LogP contribution in [0, 0.1) is 19.7 Å². The molecule has 0 atom stereocenters. The fourth-order valence-electron chi connectivity index (χ4n) is 3.52. The molecule has 0 N–H and O–H groups in total. The number of amides is 1. The average molecular weight is 382 g/mol. The highest BCUT2D eigenvalue weighted by Gasteiger charge is 2.24. The Kier molecular flexibility index (Phi) is 6.12. The van der Waals surface area contributed by atoms with E-state index < -0.39 is 0 Å². The van der Waals surface area contributed by atoms with Crippen LogP contribution in [0.25, 0.3) is 0 Å². The molecule has 5 heteroatoms. The molecule has 1 heterocycles. The Balaban J connectivity index is 1.65. The summed E-state index contributed by atoms with van der Waals surface area (Å²) in [6, 6.07) is 10.5. The fourth-order valence-corrected chi connectivity index (χ4v) is 3.52. The summed E-state index contributed by atoms with van der Waals surface area (Å²) >= 11 is 0.